The van der Waals surface area contributed by atoms with Gasteiger partial charge in [-0.25, -0.2) is 9.37 Å². The number of anilines is 1. The maximum atomic E-state index is 13.8. The molecule has 2 aliphatic rings. The topological polar surface area (TPSA) is 79.7 Å². The van der Waals surface area contributed by atoms with Crippen molar-refractivity contribution in [3.8, 4) is 5.75 Å². The molecule has 0 saturated carbocycles. The second-order valence-electron chi connectivity index (χ2n) is 8.79. The second-order valence-corrected chi connectivity index (χ2v) is 10.7. The standard InChI is InChI=1S/C27H18BrFN2O4S/c1-13-9-16-10-15(5-8-20(16)35-13)24(32)22-23(14-3-2-4-17(28)11-14)31(26(34)25(22)33)27-30-19-7-6-18(29)12-21(19)36-27/h2-8,10-13,23,32H,9H2,1H3/b24-22+. The van der Waals surface area contributed by atoms with Gasteiger partial charge in [-0.2, -0.15) is 0 Å². The van der Waals surface area contributed by atoms with E-state index in [1.807, 2.05) is 13.0 Å². The van der Waals surface area contributed by atoms with Gasteiger partial charge in [-0.05, 0) is 66.6 Å². The number of halogens is 2. The van der Waals surface area contributed by atoms with Crippen molar-refractivity contribution in [1.82, 2.24) is 4.98 Å². The van der Waals surface area contributed by atoms with Crippen LogP contribution in [0.5, 0.6) is 5.75 Å². The first-order valence-corrected chi connectivity index (χ1v) is 12.8. The van der Waals surface area contributed by atoms with Crippen molar-refractivity contribution in [2.75, 3.05) is 4.90 Å². The van der Waals surface area contributed by atoms with Crippen molar-refractivity contribution < 1.29 is 23.8 Å². The van der Waals surface area contributed by atoms with Crippen LogP contribution in [0, 0.1) is 5.82 Å². The number of benzene rings is 3. The molecule has 1 fully saturated rings. The molecule has 6 nitrogen and oxygen atoms in total. The number of carbonyl (C=O) groups is 2. The van der Waals surface area contributed by atoms with Crippen LogP contribution in [0.15, 0.2) is 70.7 Å². The van der Waals surface area contributed by atoms with E-state index in [2.05, 4.69) is 20.9 Å². The highest BCUT2D eigenvalue weighted by atomic mass is 79.9. The molecular weight excluding hydrogens is 547 g/mol. The normalized spacial score (nSPS) is 20.7. The molecule has 9 heteroatoms. The molecule has 2 unspecified atom stereocenters. The lowest BCUT2D eigenvalue weighted by Gasteiger charge is -2.23. The van der Waals surface area contributed by atoms with Gasteiger partial charge in [0, 0.05) is 16.5 Å². The van der Waals surface area contributed by atoms with Crippen molar-refractivity contribution in [2.24, 2.45) is 0 Å². The molecule has 2 atom stereocenters. The van der Waals surface area contributed by atoms with Gasteiger partial charge in [0.15, 0.2) is 5.13 Å². The fourth-order valence-electron chi connectivity index (χ4n) is 4.74. The Morgan fingerprint density at radius 1 is 1.17 bits per heavy atom. The van der Waals surface area contributed by atoms with Crippen LogP contribution in [0.2, 0.25) is 0 Å². The highest BCUT2D eigenvalue weighted by molar-refractivity contribution is 9.10. The van der Waals surface area contributed by atoms with Crippen molar-refractivity contribution in [3.63, 3.8) is 0 Å². The summed E-state index contributed by atoms with van der Waals surface area (Å²) < 4.78 is 20.9. The minimum Gasteiger partial charge on any atom is -0.507 e. The zero-order chi connectivity index (χ0) is 25.1. The number of rotatable bonds is 3. The van der Waals surface area contributed by atoms with Gasteiger partial charge in [-0.1, -0.05) is 39.4 Å². The van der Waals surface area contributed by atoms with Crippen LogP contribution in [0.25, 0.3) is 16.0 Å². The van der Waals surface area contributed by atoms with Crippen LogP contribution < -0.4 is 9.64 Å². The average Bonchev–Trinajstić information content (AvgIpc) is 3.50. The summed E-state index contributed by atoms with van der Waals surface area (Å²) in [5.41, 5.74) is 2.45. The Labute approximate surface area is 217 Å². The Balaban J connectivity index is 1.54. The summed E-state index contributed by atoms with van der Waals surface area (Å²) in [6.45, 7) is 1.96. The fourth-order valence-corrected chi connectivity index (χ4v) is 6.17. The van der Waals surface area contributed by atoms with E-state index in [0.29, 0.717) is 27.8 Å². The SMILES string of the molecule is CC1Cc2cc(/C(O)=C3\C(=O)C(=O)N(c4nc5ccc(F)cc5s4)C3c3cccc(Br)c3)ccc2O1. The number of fused-ring (bicyclic) bond motifs is 2. The van der Waals surface area contributed by atoms with Gasteiger partial charge < -0.3 is 9.84 Å². The first-order chi connectivity index (χ1) is 17.3. The van der Waals surface area contributed by atoms with Crippen LogP contribution >= 0.6 is 27.3 Å². The molecule has 0 aliphatic carbocycles. The summed E-state index contributed by atoms with van der Waals surface area (Å²) in [7, 11) is 0. The molecular formula is C27H18BrFN2O4S. The summed E-state index contributed by atoms with van der Waals surface area (Å²) in [5.74, 6) is -1.56. The van der Waals surface area contributed by atoms with Gasteiger partial charge in [0.25, 0.3) is 5.78 Å². The van der Waals surface area contributed by atoms with Crippen molar-refractivity contribution >= 4 is 60.1 Å². The number of hydrogen-bond donors (Lipinski definition) is 1. The molecule has 1 N–H and O–H groups in total. The summed E-state index contributed by atoms with van der Waals surface area (Å²) in [6.07, 6.45) is 0.704. The Morgan fingerprint density at radius 2 is 2.00 bits per heavy atom. The van der Waals surface area contributed by atoms with E-state index >= 15 is 0 Å². The second kappa shape index (κ2) is 8.53. The third-order valence-electron chi connectivity index (χ3n) is 6.32. The summed E-state index contributed by atoms with van der Waals surface area (Å²) in [6, 6.07) is 15.7. The smallest absolute Gasteiger partial charge is 0.301 e. The van der Waals surface area contributed by atoms with Gasteiger partial charge in [-0.3, -0.25) is 14.5 Å². The Morgan fingerprint density at radius 3 is 2.81 bits per heavy atom. The first-order valence-electron chi connectivity index (χ1n) is 11.2. The molecule has 0 bridgehead atoms. The van der Waals surface area contributed by atoms with Gasteiger partial charge >= 0.3 is 5.91 Å². The van der Waals surface area contributed by atoms with Crippen LogP contribution in [0.1, 0.15) is 29.7 Å². The molecule has 1 amide bonds. The molecule has 1 aromatic heterocycles. The zero-order valence-corrected chi connectivity index (χ0v) is 21.3. The molecule has 0 spiro atoms. The van der Waals surface area contributed by atoms with Crippen LogP contribution in [0.3, 0.4) is 0 Å². The lowest BCUT2D eigenvalue weighted by Crippen LogP contribution is -2.29. The Bertz CT molecular complexity index is 1610. The number of nitrogens with zero attached hydrogens (tertiary/aromatic N) is 2. The number of carbonyl (C=O) groups excluding carboxylic acids is 2. The van der Waals surface area contributed by atoms with Gasteiger partial charge in [0.05, 0.1) is 21.8 Å². The van der Waals surface area contributed by atoms with E-state index in [9.17, 15) is 19.1 Å². The summed E-state index contributed by atoms with van der Waals surface area (Å²) in [4.78, 5) is 32.6. The average molecular weight is 565 g/mol. The quantitative estimate of drug-likeness (QED) is 0.183. The van der Waals surface area contributed by atoms with E-state index in [0.717, 1.165) is 27.1 Å². The third-order valence-corrected chi connectivity index (χ3v) is 7.83. The van der Waals surface area contributed by atoms with E-state index < -0.39 is 23.5 Å². The lowest BCUT2D eigenvalue weighted by molar-refractivity contribution is -0.132. The molecule has 6 rings (SSSR count). The molecule has 3 heterocycles. The van der Waals surface area contributed by atoms with Crippen molar-refractivity contribution in [2.45, 2.75) is 25.5 Å². The molecule has 36 heavy (non-hydrogen) atoms. The maximum Gasteiger partial charge on any atom is 0.301 e. The molecule has 3 aromatic carbocycles. The summed E-state index contributed by atoms with van der Waals surface area (Å²) in [5, 5.41) is 11.7. The number of ketones is 1. The lowest BCUT2D eigenvalue weighted by atomic mass is 9.94. The molecule has 2 aliphatic heterocycles. The van der Waals surface area contributed by atoms with Gasteiger partial charge in [0.1, 0.15) is 23.4 Å². The summed E-state index contributed by atoms with van der Waals surface area (Å²) >= 11 is 4.57. The van der Waals surface area contributed by atoms with Crippen LogP contribution in [-0.2, 0) is 16.0 Å². The number of Topliss-reactive ketones (excluding diaryl/α,β-unsaturated/α-hetero) is 1. The molecule has 4 aromatic rings. The van der Waals surface area contributed by atoms with Crippen LogP contribution in [0.4, 0.5) is 9.52 Å². The minimum absolute atomic E-state index is 0.0218. The largest absolute Gasteiger partial charge is 0.507 e. The first kappa shape index (κ1) is 22.9. The zero-order valence-electron chi connectivity index (χ0n) is 18.9. The van der Waals surface area contributed by atoms with E-state index in [4.69, 9.17) is 4.74 Å². The Hall–Kier alpha value is -3.56. The highest BCUT2D eigenvalue weighted by Gasteiger charge is 2.48. The monoisotopic (exact) mass is 564 g/mol. The number of aliphatic hydroxyl groups excluding tert-OH is 1. The number of thiazole rings is 1. The van der Waals surface area contributed by atoms with Gasteiger partial charge in [-0.15, -0.1) is 0 Å². The van der Waals surface area contributed by atoms with Gasteiger partial charge in [0.2, 0.25) is 0 Å². The molecule has 0 radical (unpaired) electrons. The van der Waals surface area contributed by atoms with Crippen LogP contribution in [-0.4, -0.2) is 27.9 Å². The number of ether oxygens (including phenoxy) is 1. The molecule has 1 saturated heterocycles. The minimum atomic E-state index is -0.920. The number of hydrogen-bond acceptors (Lipinski definition) is 6. The van der Waals surface area contributed by atoms with E-state index in [1.165, 1.54) is 23.1 Å². The third kappa shape index (κ3) is 3.70. The van der Waals surface area contributed by atoms with Crippen molar-refractivity contribution in [1.29, 1.82) is 0 Å². The number of aromatic nitrogens is 1. The predicted octanol–water partition coefficient (Wildman–Crippen LogP) is 6.15. The highest BCUT2D eigenvalue weighted by Crippen LogP contribution is 2.45. The predicted molar refractivity (Wildman–Crippen MR) is 139 cm³/mol. The number of aliphatic hydroxyl groups is 1. The van der Waals surface area contributed by atoms with E-state index in [-0.39, 0.29) is 22.6 Å². The fraction of sp³-hybridized carbons (Fsp3) is 0.148. The Kier molecular flexibility index (Phi) is 5.42. The molecule has 180 valence electrons. The van der Waals surface area contributed by atoms with Crippen molar-refractivity contribution in [3.05, 3.63) is 93.2 Å². The number of amides is 1. The van der Waals surface area contributed by atoms with E-state index in [1.54, 1.807) is 36.4 Å². The maximum absolute atomic E-state index is 13.8.